The number of hydrogen-bond donors (Lipinski definition) is 2. The normalized spacial score (nSPS) is 11.3. The second kappa shape index (κ2) is 8.40. The van der Waals surface area contributed by atoms with Crippen molar-refractivity contribution in [2.45, 2.75) is 6.92 Å². The van der Waals surface area contributed by atoms with Gasteiger partial charge in [0.05, 0.1) is 11.4 Å². The summed E-state index contributed by atoms with van der Waals surface area (Å²) in [5.41, 5.74) is 12.1. The summed E-state index contributed by atoms with van der Waals surface area (Å²) in [6.07, 6.45) is 0. The van der Waals surface area contributed by atoms with Gasteiger partial charge >= 0.3 is 5.91 Å². The fraction of sp³-hybridized carbons (Fsp3) is 0.0435. The van der Waals surface area contributed by atoms with Crippen molar-refractivity contribution in [1.29, 1.82) is 0 Å². The molecular formula is C23H20N6O. The predicted octanol–water partition coefficient (Wildman–Crippen LogP) is 3.67. The van der Waals surface area contributed by atoms with E-state index in [-0.39, 0.29) is 5.82 Å². The van der Waals surface area contributed by atoms with E-state index in [4.69, 9.17) is 5.73 Å². The average molecular weight is 396 g/mol. The number of rotatable bonds is 5. The minimum absolute atomic E-state index is 0.0339. The van der Waals surface area contributed by atoms with Crippen molar-refractivity contribution in [3.05, 3.63) is 96.3 Å². The van der Waals surface area contributed by atoms with Crippen LogP contribution in [0.2, 0.25) is 0 Å². The third-order valence-electron chi connectivity index (χ3n) is 4.50. The third-order valence-corrected chi connectivity index (χ3v) is 4.50. The number of para-hydroxylation sites is 1. The average Bonchev–Trinajstić information content (AvgIpc) is 3.24. The third kappa shape index (κ3) is 4.10. The van der Waals surface area contributed by atoms with E-state index in [0.717, 1.165) is 16.8 Å². The van der Waals surface area contributed by atoms with Crippen molar-refractivity contribution in [2.24, 2.45) is 5.10 Å². The van der Waals surface area contributed by atoms with Crippen LogP contribution in [0.5, 0.6) is 0 Å². The number of benzene rings is 3. The molecular weight excluding hydrogens is 376 g/mol. The fourth-order valence-corrected chi connectivity index (χ4v) is 2.91. The highest BCUT2D eigenvalue weighted by Crippen LogP contribution is 2.21. The van der Waals surface area contributed by atoms with Crippen molar-refractivity contribution in [3.63, 3.8) is 0 Å². The first-order valence-corrected chi connectivity index (χ1v) is 9.40. The fourth-order valence-electron chi connectivity index (χ4n) is 2.91. The van der Waals surface area contributed by atoms with E-state index >= 15 is 0 Å². The Kier molecular flexibility index (Phi) is 5.34. The van der Waals surface area contributed by atoms with Gasteiger partial charge < -0.3 is 5.73 Å². The largest absolute Gasteiger partial charge is 0.399 e. The van der Waals surface area contributed by atoms with E-state index in [9.17, 15) is 4.79 Å². The molecule has 0 aliphatic rings. The highest BCUT2D eigenvalue weighted by atomic mass is 16.2. The number of hydrazone groups is 1. The van der Waals surface area contributed by atoms with Crippen LogP contribution in [0, 0.1) is 0 Å². The molecule has 0 radical (unpaired) electrons. The van der Waals surface area contributed by atoms with Gasteiger partial charge in [0.2, 0.25) is 5.82 Å². The lowest BCUT2D eigenvalue weighted by molar-refractivity contribution is 0.0944. The van der Waals surface area contributed by atoms with Gasteiger partial charge in [-0.2, -0.15) is 5.10 Å². The molecule has 30 heavy (non-hydrogen) atoms. The van der Waals surface area contributed by atoms with Crippen LogP contribution in [0.3, 0.4) is 0 Å². The molecule has 4 aromatic rings. The lowest BCUT2D eigenvalue weighted by atomic mass is 10.1. The Morgan fingerprint density at radius 1 is 0.933 bits per heavy atom. The van der Waals surface area contributed by atoms with Crippen LogP contribution >= 0.6 is 0 Å². The number of carbonyl (C=O) groups is 1. The summed E-state index contributed by atoms with van der Waals surface area (Å²) in [5.74, 6) is 0.120. The Morgan fingerprint density at radius 3 is 2.23 bits per heavy atom. The van der Waals surface area contributed by atoms with Crippen molar-refractivity contribution < 1.29 is 4.79 Å². The maximum Gasteiger partial charge on any atom is 0.311 e. The Morgan fingerprint density at radius 2 is 1.57 bits per heavy atom. The lowest BCUT2D eigenvalue weighted by Gasteiger charge is -2.05. The molecule has 148 valence electrons. The number of carbonyl (C=O) groups excluding carboxylic acids is 1. The number of amides is 1. The molecule has 3 N–H and O–H groups in total. The summed E-state index contributed by atoms with van der Waals surface area (Å²) in [6.45, 7) is 1.80. The molecule has 1 heterocycles. The quantitative estimate of drug-likeness (QED) is 0.305. The van der Waals surface area contributed by atoms with E-state index in [0.29, 0.717) is 17.2 Å². The summed E-state index contributed by atoms with van der Waals surface area (Å²) >= 11 is 0. The molecule has 0 bridgehead atoms. The molecule has 3 aromatic carbocycles. The van der Waals surface area contributed by atoms with Gasteiger partial charge in [-0.15, -0.1) is 5.10 Å². The number of anilines is 1. The SMILES string of the molecule is C/C(=N\NC(=O)c1nc(-c2ccccc2)n(-c2ccccc2)n1)c1ccc(N)cc1. The van der Waals surface area contributed by atoms with Crippen LogP contribution in [-0.4, -0.2) is 26.4 Å². The molecule has 7 nitrogen and oxygen atoms in total. The van der Waals surface area contributed by atoms with E-state index in [2.05, 4.69) is 20.6 Å². The van der Waals surface area contributed by atoms with Crippen LogP contribution in [0.25, 0.3) is 17.1 Å². The highest BCUT2D eigenvalue weighted by molar-refractivity contribution is 6.00. The summed E-state index contributed by atoms with van der Waals surface area (Å²) in [4.78, 5) is 17.2. The van der Waals surface area contributed by atoms with Gasteiger partial charge in [-0.05, 0) is 36.8 Å². The van der Waals surface area contributed by atoms with Crippen LogP contribution in [0.1, 0.15) is 23.1 Å². The highest BCUT2D eigenvalue weighted by Gasteiger charge is 2.18. The molecule has 0 spiro atoms. The second-order valence-electron chi connectivity index (χ2n) is 6.63. The molecule has 0 saturated heterocycles. The summed E-state index contributed by atoms with van der Waals surface area (Å²) in [6, 6.07) is 26.4. The summed E-state index contributed by atoms with van der Waals surface area (Å²) in [7, 11) is 0. The van der Waals surface area contributed by atoms with E-state index in [1.807, 2.05) is 72.8 Å². The zero-order valence-electron chi connectivity index (χ0n) is 16.4. The van der Waals surface area contributed by atoms with E-state index < -0.39 is 5.91 Å². The smallest absolute Gasteiger partial charge is 0.311 e. The molecule has 4 rings (SSSR count). The number of nitrogens with one attached hydrogen (secondary N) is 1. The minimum atomic E-state index is -0.489. The zero-order chi connectivity index (χ0) is 20.9. The van der Waals surface area contributed by atoms with Gasteiger partial charge in [0.25, 0.3) is 0 Å². The zero-order valence-corrected chi connectivity index (χ0v) is 16.4. The van der Waals surface area contributed by atoms with Gasteiger partial charge in [0, 0.05) is 11.3 Å². The van der Waals surface area contributed by atoms with Crippen LogP contribution in [0.15, 0.2) is 90.0 Å². The molecule has 0 aliphatic heterocycles. The molecule has 0 aliphatic carbocycles. The Hall–Kier alpha value is -4.26. The number of aromatic nitrogens is 3. The first-order chi connectivity index (χ1) is 14.6. The molecule has 1 amide bonds. The molecule has 1 aromatic heterocycles. The first kappa shape index (κ1) is 19.1. The van der Waals surface area contributed by atoms with E-state index in [1.54, 1.807) is 23.7 Å². The number of nitrogen functional groups attached to an aromatic ring is 1. The van der Waals surface area contributed by atoms with Crippen molar-refractivity contribution >= 4 is 17.3 Å². The van der Waals surface area contributed by atoms with Crippen LogP contribution < -0.4 is 11.2 Å². The Labute approximate surface area is 173 Å². The van der Waals surface area contributed by atoms with Crippen LogP contribution in [0.4, 0.5) is 5.69 Å². The number of nitrogens with two attached hydrogens (primary N) is 1. The van der Waals surface area contributed by atoms with Gasteiger partial charge in [-0.25, -0.2) is 15.1 Å². The predicted molar refractivity (Wildman–Crippen MR) is 117 cm³/mol. The minimum Gasteiger partial charge on any atom is -0.399 e. The molecule has 0 unspecified atom stereocenters. The summed E-state index contributed by atoms with van der Waals surface area (Å²) in [5, 5.41) is 8.60. The molecule has 0 saturated carbocycles. The van der Waals surface area contributed by atoms with Gasteiger partial charge in [-0.1, -0.05) is 60.7 Å². The van der Waals surface area contributed by atoms with Crippen molar-refractivity contribution in [3.8, 4) is 17.1 Å². The van der Waals surface area contributed by atoms with Gasteiger partial charge in [0.15, 0.2) is 5.82 Å². The van der Waals surface area contributed by atoms with Crippen molar-refractivity contribution in [2.75, 3.05) is 5.73 Å². The monoisotopic (exact) mass is 396 g/mol. The molecule has 7 heteroatoms. The topological polar surface area (TPSA) is 98.2 Å². The first-order valence-electron chi connectivity index (χ1n) is 9.40. The standard InChI is InChI=1S/C23H20N6O/c1-16(17-12-14-19(24)15-13-17)26-27-23(30)21-25-22(18-8-4-2-5-9-18)29(28-21)20-10-6-3-7-11-20/h2-15H,24H2,1H3,(H,27,30)/b26-16+. The van der Waals surface area contributed by atoms with Gasteiger partial charge in [-0.3, -0.25) is 4.79 Å². The van der Waals surface area contributed by atoms with Gasteiger partial charge in [0.1, 0.15) is 0 Å². The van der Waals surface area contributed by atoms with E-state index in [1.165, 1.54) is 0 Å². The Bertz CT molecular complexity index is 1120. The second-order valence-corrected chi connectivity index (χ2v) is 6.63. The lowest BCUT2D eigenvalue weighted by Crippen LogP contribution is -2.21. The number of hydrogen-bond acceptors (Lipinski definition) is 5. The van der Waals surface area contributed by atoms with Crippen molar-refractivity contribution in [1.82, 2.24) is 20.2 Å². The maximum absolute atomic E-state index is 12.7. The van der Waals surface area contributed by atoms with Crippen LogP contribution in [-0.2, 0) is 0 Å². The Balaban J connectivity index is 1.64. The number of nitrogens with zero attached hydrogens (tertiary/aromatic N) is 4. The molecule has 0 atom stereocenters. The maximum atomic E-state index is 12.7. The summed E-state index contributed by atoms with van der Waals surface area (Å²) < 4.78 is 1.65. The molecule has 0 fully saturated rings.